The number of hydrogen-bond donors (Lipinski definition) is 0. The fourth-order valence-corrected chi connectivity index (χ4v) is 2.97. The van der Waals surface area contributed by atoms with E-state index in [4.69, 9.17) is 4.74 Å². The zero-order valence-corrected chi connectivity index (χ0v) is 13.1. The number of benzene rings is 1. The Morgan fingerprint density at radius 3 is 2.57 bits per heavy atom. The van der Waals surface area contributed by atoms with Gasteiger partial charge in [0, 0.05) is 11.6 Å². The van der Waals surface area contributed by atoms with Crippen molar-refractivity contribution in [1.29, 1.82) is 0 Å². The van der Waals surface area contributed by atoms with Gasteiger partial charge in [0.1, 0.15) is 0 Å². The van der Waals surface area contributed by atoms with E-state index in [9.17, 15) is 9.18 Å². The highest BCUT2D eigenvalue weighted by molar-refractivity contribution is 5.97. The average molecular weight is 293 g/mol. The standard InChI is InChI=1S/C17H24FNO2/c1-12-4-7-14(8-5-12)19(2)11-16(20)13-6-9-17(21-3)15(18)10-13/h6,9-10,12,14H,4-5,7-8,11H2,1-3H3. The summed E-state index contributed by atoms with van der Waals surface area (Å²) >= 11 is 0. The van der Waals surface area contributed by atoms with Crippen LogP contribution in [0, 0.1) is 11.7 Å². The maximum Gasteiger partial charge on any atom is 0.176 e. The first-order valence-corrected chi connectivity index (χ1v) is 7.58. The van der Waals surface area contributed by atoms with Crippen LogP contribution in [0.3, 0.4) is 0 Å². The Bertz CT molecular complexity index is 496. The van der Waals surface area contributed by atoms with Gasteiger partial charge in [-0.3, -0.25) is 9.69 Å². The third-order valence-corrected chi connectivity index (χ3v) is 4.48. The van der Waals surface area contributed by atoms with E-state index in [1.54, 1.807) is 6.07 Å². The highest BCUT2D eigenvalue weighted by Gasteiger charge is 2.23. The number of ether oxygens (including phenoxy) is 1. The summed E-state index contributed by atoms with van der Waals surface area (Å²) < 4.78 is 18.5. The fraction of sp³-hybridized carbons (Fsp3) is 0.588. The molecule has 0 atom stereocenters. The van der Waals surface area contributed by atoms with Crippen molar-refractivity contribution in [2.45, 2.75) is 38.6 Å². The van der Waals surface area contributed by atoms with Gasteiger partial charge in [0.2, 0.25) is 0 Å². The number of nitrogens with zero attached hydrogens (tertiary/aromatic N) is 1. The molecule has 1 aromatic carbocycles. The molecule has 21 heavy (non-hydrogen) atoms. The first-order valence-electron chi connectivity index (χ1n) is 7.58. The molecule has 1 fully saturated rings. The molecule has 0 unspecified atom stereocenters. The molecule has 1 saturated carbocycles. The average Bonchev–Trinajstić information content (AvgIpc) is 2.47. The van der Waals surface area contributed by atoms with Crippen molar-refractivity contribution in [2.75, 3.05) is 20.7 Å². The molecule has 0 radical (unpaired) electrons. The number of ketones is 1. The summed E-state index contributed by atoms with van der Waals surface area (Å²) in [6, 6.07) is 4.86. The van der Waals surface area contributed by atoms with Gasteiger partial charge in [0.15, 0.2) is 17.3 Å². The predicted octanol–water partition coefficient (Wildman–Crippen LogP) is 3.53. The van der Waals surface area contributed by atoms with Crippen molar-refractivity contribution in [2.24, 2.45) is 5.92 Å². The van der Waals surface area contributed by atoms with Crippen molar-refractivity contribution in [3.05, 3.63) is 29.6 Å². The zero-order chi connectivity index (χ0) is 15.4. The Labute approximate surface area is 126 Å². The fourth-order valence-electron chi connectivity index (χ4n) is 2.97. The van der Waals surface area contributed by atoms with Crippen LogP contribution >= 0.6 is 0 Å². The maximum atomic E-state index is 13.7. The van der Waals surface area contributed by atoms with Crippen LogP contribution in [0.4, 0.5) is 4.39 Å². The topological polar surface area (TPSA) is 29.5 Å². The minimum atomic E-state index is -0.488. The van der Waals surface area contributed by atoms with Gasteiger partial charge in [-0.1, -0.05) is 6.92 Å². The summed E-state index contributed by atoms with van der Waals surface area (Å²) in [5.74, 6) is 0.428. The number of likely N-dealkylation sites (N-methyl/N-ethyl adjacent to an activating group) is 1. The Morgan fingerprint density at radius 2 is 2.00 bits per heavy atom. The molecule has 0 amide bonds. The van der Waals surface area contributed by atoms with Gasteiger partial charge in [0.25, 0.3) is 0 Å². The Balaban J connectivity index is 1.96. The minimum Gasteiger partial charge on any atom is -0.494 e. The van der Waals surface area contributed by atoms with Crippen molar-refractivity contribution < 1.29 is 13.9 Å². The van der Waals surface area contributed by atoms with Gasteiger partial charge in [-0.2, -0.15) is 0 Å². The molecule has 1 aliphatic rings. The third kappa shape index (κ3) is 4.03. The Hall–Kier alpha value is -1.42. The molecule has 0 bridgehead atoms. The molecule has 1 aromatic rings. The van der Waals surface area contributed by atoms with E-state index in [1.165, 1.54) is 32.1 Å². The van der Waals surface area contributed by atoms with E-state index in [-0.39, 0.29) is 11.5 Å². The second kappa shape index (κ2) is 7.03. The molecular weight excluding hydrogens is 269 g/mol. The minimum absolute atomic E-state index is 0.0438. The van der Waals surface area contributed by atoms with E-state index in [0.29, 0.717) is 18.2 Å². The highest BCUT2D eigenvalue weighted by atomic mass is 19.1. The van der Waals surface area contributed by atoms with Crippen LogP contribution in [0.25, 0.3) is 0 Å². The second-order valence-electron chi connectivity index (χ2n) is 6.10. The summed E-state index contributed by atoms with van der Waals surface area (Å²) in [5, 5.41) is 0. The van der Waals surface area contributed by atoms with Crippen LogP contribution in [-0.2, 0) is 0 Å². The van der Waals surface area contributed by atoms with E-state index in [1.807, 2.05) is 7.05 Å². The smallest absolute Gasteiger partial charge is 0.176 e. The van der Waals surface area contributed by atoms with Crippen molar-refractivity contribution in [3.8, 4) is 5.75 Å². The molecule has 0 heterocycles. The van der Waals surface area contributed by atoms with E-state index in [2.05, 4.69) is 11.8 Å². The lowest BCUT2D eigenvalue weighted by Crippen LogP contribution is -2.38. The lowest BCUT2D eigenvalue weighted by atomic mass is 9.86. The summed E-state index contributed by atoms with van der Waals surface area (Å²) in [6.07, 6.45) is 4.73. The number of methoxy groups -OCH3 is 1. The first kappa shape index (κ1) is 16.0. The zero-order valence-electron chi connectivity index (χ0n) is 13.1. The lowest BCUT2D eigenvalue weighted by Gasteiger charge is -2.33. The van der Waals surface area contributed by atoms with E-state index >= 15 is 0 Å². The van der Waals surface area contributed by atoms with Crippen molar-refractivity contribution >= 4 is 5.78 Å². The van der Waals surface area contributed by atoms with Crippen LogP contribution in [-0.4, -0.2) is 37.4 Å². The molecule has 0 aliphatic heterocycles. The SMILES string of the molecule is COc1ccc(C(=O)CN(C)C2CCC(C)CC2)cc1F. The molecule has 3 nitrogen and oxygen atoms in total. The predicted molar refractivity (Wildman–Crippen MR) is 81.3 cm³/mol. The van der Waals surface area contributed by atoms with Crippen LogP contribution in [0.2, 0.25) is 0 Å². The van der Waals surface area contributed by atoms with Crippen molar-refractivity contribution in [1.82, 2.24) is 4.90 Å². The molecule has 0 N–H and O–H groups in total. The molecule has 0 spiro atoms. The summed E-state index contributed by atoms with van der Waals surface area (Å²) in [7, 11) is 3.40. The number of carbonyl (C=O) groups is 1. The van der Waals surface area contributed by atoms with Gasteiger partial charge < -0.3 is 4.74 Å². The van der Waals surface area contributed by atoms with Gasteiger partial charge in [-0.05, 0) is 56.8 Å². The van der Waals surface area contributed by atoms with E-state index in [0.717, 1.165) is 18.8 Å². The number of hydrogen-bond acceptors (Lipinski definition) is 3. The highest BCUT2D eigenvalue weighted by Crippen LogP contribution is 2.26. The van der Waals surface area contributed by atoms with Crippen molar-refractivity contribution in [3.63, 3.8) is 0 Å². The molecule has 116 valence electrons. The molecule has 2 rings (SSSR count). The lowest BCUT2D eigenvalue weighted by molar-refractivity contribution is 0.0888. The largest absolute Gasteiger partial charge is 0.494 e. The van der Waals surface area contributed by atoms with Gasteiger partial charge in [-0.15, -0.1) is 0 Å². The maximum absolute atomic E-state index is 13.7. The molecule has 0 saturated heterocycles. The molecule has 0 aromatic heterocycles. The normalized spacial score (nSPS) is 22.3. The molecule has 4 heteroatoms. The third-order valence-electron chi connectivity index (χ3n) is 4.48. The molecule has 1 aliphatic carbocycles. The number of carbonyl (C=O) groups excluding carboxylic acids is 1. The van der Waals surface area contributed by atoms with Gasteiger partial charge in [-0.25, -0.2) is 4.39 Å². The second-order valence-corrected chi connectivity index (χ2v) is 6.10. The van der Waals surface area contributed by atoms with Crippen LogP contribution in [0.1, 0.15) is 43.0 Å². The summed E-state index contributed by atoms with van der Waals surface area (Å²) in [4.78, 5) is 14.4. The monoisotopic (exact) mass is 293 g/mol. The number of Topliss-reactive ketones (excluding diaryl/α,β-unsaturated/α-hetero) is 1. The van der Waals surface area contributed by atoms with Crippen LogP contribution in [0.15, 0.2) is 18.2 Å². The Kier molecular flexibility index (Phi) is 5.34. The molecular formula is C17H24FNO2. The van der Waals surface area contributed by atoms with Crippen LogP contribution < -0.4 is 4.74 Å². The number of rotatable bonds is 5. The van der Waals surface area contributed by atoms with Gasteiger partial charge in [0.05, 0.1) is 13.7 Å². The Morgan fingerprint density at radius 1 is 1.33 bits per heavy atom. The van der Waals surface area contributed by atoms with Crippen LogP contribution in [0.5, 0.6) is 5.75 Å². The van der Waals surface area contributed by atoms with E-state index < -0.39 is 5.82 Å². The summed E-state index contributed by atoms with van der Waals surface area (Å²) in [5.41, 5.74) is 0.407. The quantitative estimate of drug-likeness (QED) is 0.778. The first-order chi connectivity index (χ1) is 10.0. The van der Waals surface area contributed by atoms with Gasteiger partial charge >= 0.3 is 0 Å². The summed E-state index contributed by atoms with van der Waals surface area (Å²) in [6.45, 7) is 2.62. The number of halogens is 1.